The van der Waals surface area contributed by atoms with Gasteiger partial charge in [-0.25, -0.2) is 4.79 Å². The summed E-state index contributed by atoms with van der Waals surface area (Å²) in [5.74, 6) is -0.506. The molecule has 0 unspecified atom stereocenters. The quantitative estimate of drug-likeness (QED) is 0.380. The summed E-state index contributed by atoms with van der Waals surface area (Å²) in [5.41, 5.74) is 2.52. The van der Waals surface area contributed by atoms with Gasteiger partial charge < -0.3 is 14.2 Å². The minimum Gasteiger partial charge on any atom is -0.458 e. The molecule has 0 amide bonds. The van der Waals surface area contributed by atoms with Crippen molar-refractivity contribution in [1.82, 2.24) is 0 Å². The summed E-state index contributed by atoms with van der Waals surface area (Å²) in [6, 6.07) is 0. The Bertz CT molecular complexity index is 297. The third-order valence-electron chi connectivity index (χ3n) is 2.37. The maximum absolute atomic E-state index is 11.4. The third-order valence-corrected chi connectivity index (χ3v) is 2.37. The molecular formula is C14H24O4. The molecule has 4 heteroatoms. The predicted octanol–water partition coefficient (Wildman–Crippen LogP) is 2.84. The van der Waals surface area contributed by atoms with E-state index < -0.39 is 12.3 Å². The minimum absolute atomic E-state index is 0.253. The summed E-state index contributed by atoms with van der Waals surface area (Å²) in [6.07, 6.45) is 5.14. The molecule has 0 aromatic rings. The summed E-state index contributed by atoms with van der Waals surface area (Å²) in [5, 5.41) is 0. The maximum Gasteiger partial charge on any atom is 0.363 e. The fourth-order valence-electron chi connectivity index (χ4n) is 1.31. The first-order chi connectivity index (χ1) is 8.51. The number of carbonyl (C=O) groups is 1. The van der Waals surface area contributed by atoms with Gasteiger partial charge in [0, 0.05) is 14.2 Å². The summed E-state index contributed by atoms with van der Waals surface area (Å²) >= 11 is 0. The molecular weight excluding hydrogens is 232 g/mol. The molecule has 0 fully saturated rings. The Labute approximate surface area is 110 Å². The zero-order valence-corrected chi connectivity index (χ0v) is 12.0. The average Bonchev–Trinajstić information content (AvgIpc) is 2.30. The van der Waals surface area contributed by atoms with E-state index in [1.807, 2.05) is 13.0 Å². The Kier molecular flexibility index (Phi) is 9.24. The van der Waals surface area contributed by atoms with Crippen molar-refractivity contribution in [3.05, 3.63) is 23.3 Å². The highest BCUT2D eigenvalue weighted by molar-refractivity contribution is 5.73. The van der Waals surface area contributed by atoms with Crippen molar-refractivity contribution >= 4 is 5.97 Å². The normalized spacial score (nSPS) is 11.6. The second-order valence-electron chi connectivity index (χ2n) is 4.30. The molecule has 0 aliphatic carbocycles. The highest BCUT2D eigenvalue weighted by Crippen LogP contribution is 2.06. The number of ether oxygens (including phenoxy) is 3. The van der Waals surface area contributed by atoms with E-state index in [-0.39, 0.29) is 6.61 Å². The van der Waals surface area contributed by atoms with E-state index in [2.05, 4.69) is 19.9 Å². The van der Waals surface area contributed by atoms with Crippen LogP contribution in [0.2, 0.25) is 0 Å². The zero-order valence-electron chi connectivity index (χ0n) is 12.0. The molecule has 0 saturated heterocycles. The van der Waals surface area contributed by atoms with Crippen LogP contribution in [0.3, 0.4) is 0 Å². The predicted molar refractivity (Wildman–Crippen MR) is 71.2 cm³/mol. The highest BCUT2D eigenvalue weighted by Gasteiger charge is 2.17. The van der Waals surface area contributed by atoms with Gasteiger partial charge >= 0.3 is 5.97 Å². The number of esters is 1. The smallest absolute Gasteiger partial charge is 0.363 e. The lowest BCUT2D eigenvalue weighted by molar-refractivity contribution is -0.182. The standard InChI is InChI=1S/C14H24O4/c1-11(2)7-6-8-12(3)9-10-18-13(15)14(16-4)17-5/h7,9,14H,6,8,10H2,1-5H3/b12-9+. The van der Waals surface area contributed by atoms with Crippen LogP contribution in [0.4, 0.5) is 0 Å². The average molecular weight is 256 g/mol. The van der Waals surface area contributed by atoms with Crippen molar-refractivity contribution in [2.75, 3.05) is 20.8 Å². The van der Waals surface area contributed by atoms with E-state index in [1.54, 1.807) is 0 Å². The lowest BCUT2D eigenvalue weighted by Crippen LogP contribution is -2.27. The van der Waals surface area contributed by atoms with Crippen molar-refractivity contribution < 1.29 is 19.0 Å². The fraction of sp³-hybridized carbons (Fsp3) is 0.643. The monoisotopic (exact) mass is 256 g/mol. The Morgan fingerprint density at radius 2 is 1.72 bits per heavy atom. The SMILES string of the molecule is COC(OC)C(=O)OC/C=C(\C)CCC=C(C)C. The van der Waals surface area contributed by atoms with Gasteiger partial charge in [-0.05, 0) is 39.7 Å². The van der Waals surface area contributed by atoms with Crippen molar-refractivity contribution in [3.63, 3.8) is 0 Å². The Balaban J connectivity index is 3.93. The molecule has 0 spiro atoms. The van der Waals surface area contributed by atoms with Gasteiger partial charge in [0.1, 0.15) is 6.61 Å². The van der Waals surface area contributed by atoms with Crippen LogP contribution in [0.5, 0.6) is 0 Å². The Hall–Kier alpha value is -1.13. The van der Waals surface area contributed by atoms with E-state index in [0.29, 0.717) is 0 Å². The molecule has 0 aromatic carbocycles. The third kappa shape index (κ3) is 8.03. The van der Waals surface area contributed by atoms with E-state index in [4.69, 9.17) is 14.2 Å². The second kappa shape index (κ2) is 9.85. The summed E-state index contributed by atoms with van der Waals surface area (Å²) < 4.78 is 14.6. The number of methoxy groups -OCH3 is 2. The number of carbonyl (C=O) groups excluding carboxylic acids is 1. The lowest BCUT2D eigenvalue weighted by Gasteiger charge is -2.11. The number of hydrogen-bond acceptors (Lipinski definition) is 4. The van der Waals surface area contributed by atoms with Crippen LogP contribution in [-0.4, -0.2) is 33.1 Å². The van der Waals surface area contributed by atoms with Gasteiger partial charge in [0.05, 0.1) is 0 Å². The highest BCUT2D eigenvalue weighted by atomic mass is 16.7. The van der Waals surface area contributed by atoms with Crippen LogP contribution in [0.1, 0.15) is 33.6 Å². The van der Waals surface area contributed by atoms with Crippen LogP contribution in [-0.2, 0) is 19.0 Å². The first-order valence-electron chi connectivity index (χ1n) is 6.02. The zero-order chi connectivity index (χ0) is 14.0. The van der Waals surface area contributed by atoms with Crippen LogP contribution >= 0.6 is 0 Å². The van der Waals surface area contributed by atoms with E-state index in [0.717, 1.165) is 12.8 Å². The summed E-state index contributed by atoms with van der Waals surface area (Å²) in [6.45, 7) is 6.44. The second-order valence-corrected chi connectivity index (χ2v) is 4.30. The summed E-state index contributed by atoms with van der Waals surface area (Å²) in [7, 11) is 2.80. The maximum atomic E-state index is 11.4. The molecule has 18 heavy (non-hydrogen) atoms. The molecule has 0 aliphatic rings. The largest absolute Gasteiger partial charge is 0.458 e. The van der Waals surface area contributed by atoms with Crippen LogP contribution < -0.4 is 0 Å². The Morgan fingerprint density at radius 3 is 2.22 bits per heavy atom. The topological polar surface area (TPSA) is 44.8 Å². The van der Waals surface area contributed by atoms with Crippen molar-refractivity contribution in [3.8, 4) is 0 Å². The molecule has 0 saturated carbocycles. The number of rotatable bonds is 8. The van der Waals surface area contributed by atoms with Crippen LogP contribution in [0.25, 0.3) is 0 Å². The molecule has 0 aromatic heterocycles. The Morgan fingerprint density at radius 1 is 1.11 bits per heavy atom. The van der Waals surface area contributed by atoms with Gasteiger partial charge in [0.15, 0.2) is 0 Å². The lowest BCUT2D eigenvalue weighted by atomic mass is 10.1. The van der Waals surface area contributed by atoms with Crippen LogP contribution in [0.15, 0.2) is 23.3 Å². The molecule has 0 aliphatic heterocycles. The number of allylic oxidation sites excluding steroid dienone is 3. The first kappa shape index (κ1) is 16.9. The molecule has 0 rings (SSSR count). The van der Waals surface area contributed by atoms with Crippen molar-refractivity contribution in [2.45, 2.75) is 39.9 Å². The molecule has 4 nitrogen and oxygen atoms in total. The molecule has 0 heterocycles. The van der Waals surface area contributed by atoms with E-state index in [9.17, 15) is 4.79 Å². The van der Waals surface area contributed by atoms with Crippen LogP contribution in [0, 0.1) is 0 Å². The first-order valence-corrected chi connectivity index (χ1v) is 6.02. The number of hydrogen-bond donors (Lipinski definition) is 0. The molecule has 0 radical (unpaired) electrons. The molecule has 104 valence electrons. The molecule has 0 atom stereocenters. The molecule has 0 bridgehead atoms. The molecule has 0 N–H and O–H groups in total. The van der Waals surface area contributed by atoms with Gasteiger partial charge in [-0.3, -0.25) is 0 Å². The van der Waals surface area contributed by atoms with Gasteiger partial charge in [-0.15, -0.1) is 0 Å². The minimum atomic E-state index is -0.940. The van der Waals surface area contributed by atoms with Gasteiger partial charge in [-0.2, -0.15) is 0 Å². The van der Waals surface area contributed by atoms with Crippen molar-refractivity contribution in [1.29, 1.82) is 0 Å². The van der Waals surface area contributed by atoms with E-state index in [1.165, 1.54) is 25.4 Å². The van der Waals surface area contributed by atoms with Crippen molar-refractivity contribution in [2.24, 2.45) is 0 Å². The fourth-order valence-corrected chi connectivity index (χ4v) is 1.31. The van der Waals surface area contributed by atoms with Gasteiger partial charge in [0.25, 0.3) is 6.29 Å². The summed E-state index contributed by atoms with van der Waals surface area (Å²) in [4.78, 5) is 11.4. The van der Waals surface area contributed by atoms with Gasteiger partial charge in [-0.1, -0.05) is 17.2 Å². The van der Waals surface area contributed by atoms with E-state index >= 15 is 0 Å². The van der Waals surface area contributed by atoms with Gasteiger partial charge in [0.2, 0.25) is 0 Å².